The Balaban J connectivity index is 1.60. The lowest BCUT2D eigenvalue weighted by molar-refractivity contribution is -0.165. The van der Waals surface area contributed by atoms with Crippen molar-refractivity contribution in [2.75, 3.05) is 0 Å². The van der Waals surface area contributed by atoms with Gasteiger partial charge in [-0.25, -0.2) is 0 Å². The molecule has 3 saturated carbocycles. The summed E-state index contributed by atoms with van der Waals surface area (Å²) in [4.78, 5) is 37.4. The third-order valence-corrected chi connectivity index (χ3v) is 6.50. The number of carbonyl (C=O) groups is 3. The summed E-state index contributed by atoms with van der Waals surface area (Å²) >= 11 is 0. The van der Waals surface area contributed by atoms with Crippen molar-refractivity contribution in [1.29, 1.82) is 0 Å². The molecule has 0 aromatic carbocycles. The molecule has 7 unspecified atom stereocenters. The number of carbonyl (C=O) groups excluding carboxylic acids is 3. The normalized spacial score (nSPS) is 44.8. The summed E-state index contributed by atoms with van der Waals surface area (Å²) < 4.78 is 5.63. The van der Waals surface area contributed by atoms with E-state index in [-0.39, 0.29) is 59.0 Å². The Kier molecular flexibility index (Phi) is 2.77. The van der Waals surface area contributed by atoms with E-state index in [0.717, 1.165) is 6.42 Å². The molecule has 7 atom stereocenters. The molecular weight excluding hydrogens is 280 g/mol. The van der Waals surface area contributed by atoms with Gasteiger partial charge in [0, 0.05) is 23.7 Å². The summed E-state index contributed by atoms with van der Waals surface area (Å²) in [6.45, 7) is 5.77. The summed E-state index contributed by atoms with van der Waals surface area (Å²) in [5, 5.41) is 0. The molecule has 0 amide bonds. The molecule has 4 bridgehead atoms. The van der Waals surface area contributed by atoms with Crippen LogP contribution in [0.5, 0.6) is 0 Å². The second kappa shape index (κ2) is 4.30. The van der Waals surface area contributed by atoms with Crippen molar-refractivity contribution in [3.05, 3.63) is 12.2 Å². The van der Waals surface area contributed by atoms with Crippen LogP contribution in [0.4, 0.5) is 0 Å². The van der Waals surface area contributed by atoms with E-state index in [9.17, 15) is 14.4 Å². The minimum absolute atomic E-state index is 0.0519. The Morgan fingerprint density at radius 3 is 2.45 bits per heavy atom. The Bertz CT molecular complexity index is 602. The molecule has 0 aromatic heterocycles. The average molecular weight is 302 g/mol. The SMILES string of the molecule is CCC(C)(C)OC(=O)C1CC2C(=O)C1C1C3C=CC(C3=O)C21. The predicted octanol–water partition coefficient (Wildman–Crippen LogP) is 2.17. The van der Waals surface area contributed by atoms with Crippen molar-refractivity contribution in [2.24, 2.45) is 41.4 Å². The molecule has 4 nitrogen and oxygen atoms in total. The quantitative estimate of drug-likeness (QED) is 0.455. The van der Waals surface area contributed by atoms with E-state index in [1.165, 1.54) is 0 Å². The first-order valence-electron chi connectivity index (χ1n) is 8.34. The lowest BCUT2D eigenvalue weighted by Crippen LogP contribution is -2.38. The zero-order chi connectivity index (χ0) is 15.8. The molecule has 4 aliphatic rings. The van der Waals surface area contributed by atoms with Crippen LogP contribution >= 0.6 is 0 Å². The van der Waals surface area contributed by atoms with E-state index in [0.29, 0.717) is 6.42 Å². The summed E-state index contributed by atoms with van der Waals surface area (Å²) in [5.74, 6) is -0.519. The number of esters is 1. The van der Waals surface area contributed by atoms with E-state index < -0.39 is 5.60 Å². The molecule has 4 rings (SSSR count). The highest BCUT2D eigenvalue weighted by Gasteiger charge is 2.69. The number of fused-ring (bicyclic) bond motifs is 9. The van der Waals surface area contributed by atoms with Gasteiger partial charge >= 0.3 is 5.97 Å². The van der Waals surface area contributed by atoms with Crippen LogP contribution in [0.1, 0.15) is 33.6 Å². The summed E-state index contributed by atoms with van der Waals surface area (Å²) in [6, 6.07) is 0. The van der Waals surface area contributed by atoms with Gasteiger partial charge in [-0.1, -0.05) is 19.1 Å². The van der Waals surface area contributed by atoms with Gasteiger partial charge in [0.1, 0.15) is 17.2 Å². The molecule has 0 N–H and O–H groups in total. The average Bonchev–Trinajstić information content (AvgIpc) is 3.16. The van der Waals surface area contributed by atoms with Crippen molar-refractivity contribution in [2.45, 2.75) is 39.2 Å². The van der Waals surface area contributed by atoms with Crippen molar-refractivity contribution in [3.63, 3.8) is 0 Å². The zero-order valence-electron chi connectivity index (χ0n) is 13.2. The van der Waals surface area contributed by atoms with Crippen LogP contribution in [0.25, 0.3) is 0 Å². The van der Waals surface area contributed by atoms with Gasteiger partial charge in [0.2, 0.25) is 0 Å². The van der Waals surface area contributed by atoms with Gasteiger partial charge in [-0.15, -0.1) is 0 Å². The van der Waals surface area contributed by atoms with Crippen molar-refractivity contribution in [3.8, 4) is 0 Å². The van der Waals surface area contributed by atoms with Gasteiger partial charge in [-0.2, -0.15) is 0 Å². The van der Waals surface area contributed by atoms with Crippen molar-refractivity contribution >= 4 is 17.5 Å². The first kappa shape index (κ1) is 14.2. The van der Waals surface area contributed by atoms with Crippen LogP contribution in [0, 0.1) is 41.4 Å². The van der Waals surface area contributed by atoms with Crippen molar-refractivity contribution < 1.29 is 19.1 Å². The Morgan fingerprint density at radius 1 is 1.18 bits per heavy atom. The molecule has 118 valence electrons. The molecule has 0 heterocycles. The van der Waals surface area contributed by atoms with Crippen molar-refractivity contribution in [1.82, 2.24) is 0 Å². The topological polar surface area (TPSA) is 60.4 Å². The second-order valence-electron chi connectivity index (χ2n) is 7.90. The van der Waals surface area contributed by atoms with Crippen LogP contribution in [0.2, 0.25) is 0 Å². The predicted molar refractivity (Wildman–Crippen MR) is 78.7 cm³/mol. The fourth-order valence-electron chi connectivity index (χ4n) is 5.20. The summed E-state index contributed by atoms with van der Waals surface area (Å²) in [5.41, 5.74) is -0.494. The van der Waals surface area contributed by atoms with E-state index in [4.69, 9.17) is 4.74 Å². The summed E-state index contributed by atoms with van der Waals surface area (Å²) in [6.07, 6.45) is 5.26. The third kappa shape index (κ3) is 1.61. The van der Waals surface area contributed by atoms with E-state index in [2.05, 4.69) is 0 Å². The lowest BCUT2D eigenvalue weighted by atomic mass is 9.69. The highest BCUT2D eigenvalue weighted by atomic mass is 16.6. The maximum Gasteiger partial charge on any atom is 0.310 e. The molecule has 3 fully saturated rings. The monoisotopic (exact) mass is 302 g/mol. The fourth-order valence-corrected chi connectivity index (χ4v) is 5.20. The van der Waals surface area contributed by atoms with Crippen LogP contribution in [-0.2, 0) is 19.1 Å². The largest absolute Gasteiger partial charge is 0.459 e. The molecular formula is C18H22O4. The molecule has 22 heavy (non-hydrogen) atoms. The van der Waals surface area contributed by atoms with Crippen LogP contribution in [0.3, 0.4) is 0 Å². The molecule has 4 aliphatic carbocycles. The number of ether oxygens (including phenoxy) is 1. The van der Waals surface area contributed by atoms with Gasteiger partial charge in [0.25, 0.3) is 0 Å². The maximum absolute atomic E-state index is 12.6. The first-order valence-corrected chi connectivity index (χ1v) is 8.34. The fraction of sp³-hybridized carbons (Fsp3) is 0.722. The standard InChI is InChI=1S/C18H22O4/c1-4-18(2,3)22-17(21)11-7-10-12-8-5-6-9(15(8)19)13(12)14(11)16(10)20/h5-6,8-14H,4,7H2,1-3H3. The Hall–Kier alpha value is -1.45. The first-order chi connectivity index (χ1) is 10.4. The van der Waals surface area contributed by atoms with E-state index in [1.54, 1.807) is 0 Å². The van der Waals surface area contributed by atoms with Gasteiger partial charge in [0.05, 0.1) is 5.92 Å². The number of Topliss-reactive ketones (excluding diaryl/α,β-unsaturated/α-hetero) is 2. The molecule has 0 radical (unpaired) electrons. The summed E-state index contributed by atoms with van der Waals surface area (Å²) in [7, 11) is 0. The van der Waals surface area contributed by atoms with Gasteiger partial charge in [0.15, 0.2) is 0 Å². The minimum atomic E-state index is -0.494. The highest BCUT2D eigenvalue weighted by Crippen LogP contribution is 2.64. The lowest BCUT2D eigenvalue weighted by Gasteiger charge is -2.34. The molecule has 0 spiro atoms. The number of allylic oxidation sites excluding steroid dienone is 2. The molecule has 0 saturated heterocycles. The molecule has 0 aromatic rings. The number of rotatable bonds is 3. The van der Waals surface area contributed by atoms with Crippen LogP contribution in [0.15, 0.2) is 12.2 Å². The van der Waals surface area contributed by atoms with Gasteiger partial charge < -0.3 is 4.74 Å². The highest BCUT2D eigenvalue weighted by molar-refractivity contribution is 6.01. The third-order valence-electron chi connectivity index (χ3n) is 6.50. The maximum atomic E-state index is 12.6. The van der Waals surface area contributed by atoms with Gasteiger partial charge in [-0.3, -0.25) is 14.4 Å². The zero-order valence-corrected chi connectivity index (χ0v) is 13.2. The Morgan fingerprint density at radius 2 is 1.82 bits per heavy atom. The minimum Gasteiger partial charge on any atom is -0.459 e. The van der Waals surface area contributed by atoms with E-state index >= 15 is 0 Å². The van der Waals surface area contributed by atoms with Crippen LogP contribution < -0.4 is 0 Å². The molecule has 0 aliphatic heterocycles. The second-order valence-corrected chi connectivity index (χ2v) is 7.90. The number of ketones is 2. The number of hydrogen-bond donors (Lipinski definition) is 0. The van der Waals surface area contributed by atoms with Crippen LogP contribution in [-0.4, -0.2) is 23.1 Å². The molecule has 4 heteroatoms. The smallest absolute Gasteiger partial charge is 0.310 e. The number of hydrogen-bond acceptors (Lipinski definition) is 4. The van der Waals surface area contributed by atoms with Gasteiger partial charge in [-0.05, 0) is 38.5 Å². The Labute approximate surface area is 130 Å². The van der Waals surface area contributed by atoms with E-state index in [1.807, 2.05) is 32.9 Å².